The van der Waals surface area contributed by atoms with Crippen molar-refractivity contribution in [2.24, 2.45) is 5.16 Å². The summed E-state index contributed by atoms with van der Waals surface area (Å²) in [6.07, 6.45) is 1.03. The molecule has 0 bridgehead atoms. The number of hydrogen-bond acceptors (Lipinski definition) is 5. The van der Waals surface area contributed by atoms with Crippen molar-refractivity contribution in [1.82, 2.24) is 0 Å². The summed E-state index contributed by atoms with van der Waals surface area (Å²) >= 11 is 0. The van der Waals surface area contributed by atoms with Crippen LogP contribution in [0.15, 0.2) is 23.4 Å². The lowest BCUT2D eigenvalue weighted by atomic mass is 10.2. The van der Waals surface area contributed by atoms with Gasteiger partial charge in [0.2, 0.25) is 0 Å². The molecule has 1 aromatic carbocycles. The predicted molar refractivity (Wildman–Crippen MR) is 44.1 cm³/mol. The Morgan fingerprint density at radius 2 is 2.23 bits per heavy atom. The number of oxime groups is 1. The average Bonchev–Trinajstić information content (AvgIpc) is 2.08. The van der Waals surface area contributed by atoms with E-state index >= 15 is 0 Å². The summed E-state index contributed by atoms with van der Waals surface area (Å²) in [4.78, 5) is 9.60. The molecular formula is C7H6N2O4. The van der Waals surface area contributed by atoms with Crippen LogP contribution in [0.3, 0.4) is 0 Å². The molecule has 0 unspecified atom stereocenters. The van der Waals surface area contributed by atoms with E-state index in [0.717, 1.165) is 18.3 Å². The van der Waals surface area contributed by atoms with E-state index in [-0.39, 0.29) is 0 Å². The number of aromatic hydroxyl groups is 1. The first-order valence-electron chi connectivity index (χ1n) is 3.30. The number of phenolic OH excluding ortho intramolecular Hbond substituents is 1. The molecule has 68 valence electrons. The Morgan fingerprint density at radius 1 is 1.54 bits per heavy atom. The van der Waals surface area contributed by atoms with Gasteiger partial charge in [0.1, 0.15) is 0 Å². The van der Waals surface area contributed by atoms with E-state index in [1.807, 2.05) is 0 Å². The van der Waals surface area contributed by atoms with Crippen molar-refractivity contribution < 1.29 is 15.2 Å². The third kappa shape index (κ3) is 1.92. The lowest BCUT2D eigenvalue weighted by molar-refractivity contribution is -0.385. The van der Waals surface area contributed by atoms with Crippen molar-refractivity contribution in [1.29, 1.82) is 0 Å². The van der Waals surface area contributed by atoms with Crippen molar-refractivity contribution in [3.8, 4) is 5.75 Å². The zero-order chi connectivity index (χ0) is 9.84. The Bertz CT molecular complexity index is 362. The fraction of sp³-hybridized carbons (Fsp3) is 0. The molecule has 6 heteroatoms. The summed E-state index contributed by atoms with van der Waals surface area (Å²) in [5.41, 5.74) is -0.0793. The van der Waals surface area contributed by atoms with Crippen LogP contribution < -0.4 is 0 Å². The van der Waals surface area contributed by atoms with Gasteiger partial charge in [0, 0.05) is 11.6 Å². The van der Waals surface area contributed by atoms with Crippen LogP contribution in [0.25, 0.3) is 0 Å². The SMILES string of the molecule is O=[N+]([O-])c1cc(C=NO)ccc1O. The van der Waals surface area contributed by atoms with Gasteiger partial charge in [-0.15, -0.1) is 0 Å². The third-order valence-corrected chi connectivity index (χ3v) is 1.40. The van der Waals surface area contributed by atoms with Gasteiger partial charge in [-0.1, -0.05) is 5.16 Å². The minimum absolute atomic E-state index is 0.340. The van der Waals surface area contributed by atoms with Crippen LogP contribution in [0.5, 0.6) is 5.75 Å². The fourth-order valence-electron chi connectivity index (χ4n) is 0.834. The Morgan fingerprint density at radius 3 is 2.77 bits per heavy atom. The Labute approximate surface area is 72.9 Å². The highest BCUT2D eigenvalue weighted by Crippen LogP contribution is 2.25. The van der Waals surface area contributed by atoms with Gasteiger partial charge in [-0.2, -0.15) is 0 Å². The molecule has 0 amide bonds. The number of nitro groups is 1. The molecule has 0 spiro atoms. The van der Waals surface area contributed by atoms with E-state index in [1.165, 1.54) is 6.07 Å². The van der Waals surface area contributed by atoms with E-state index in [9.17, 15) is 10.1 Å². The van der Waals surface area contributed by atoms with E-state index < -0.39 is 16.4 Å². The molecule has 1 rings (SSSR count). The summed E-state index contributed by atoms with van der Waals surface area (Å²) in [5.74, 6) is -0.417. The van der Waals surface area contributed by atoms with Crippen LogP contribution in [-0.2, 0) is 0 Å². The van der Waals surface area contributed by atoms with E-state index in [4.69, 9.17) is 10.3 Å². The molecule has 0 saturated heterocycles. The van der Waals surface area contributed by atoms with Crippen LogP contribution in [0.4, 0.5) is 5.69 Å². The molecule has 0 saturated carbocycles. The molecule has 2 N–H and O–H groups in total. The Hall–Kier alpha value is -2.11. The maximum Gasteiger partial charge on any atom is 0.311 e. The highest BCUT2D eigenvalue weighted by Gasteiger charge is 2.12. The maximum absolute atomic E-state index is 10.3. The second-order valence-corrected chi connectivity index (χ2v) is 2.25. The standard InChI is InChI=1S/C7H6N2O4/c10-7-2-1-5(4-8-11)3-6(7)9(12)13/h1-4,10-11H. The highest BCUT2D eigenvalue weighted by molar-refractivity contribution is 5.80. The maximum atomic E-state index is 10.3. The van der Waals surface area contributed by atoms with Gasteiger partial charge in [0.25, 0.3) is 0 Å². The molecule has 0 atom stereocenters. The van der Waals surface area contributed by atoms with Gasteiger partial charge in [-0.05, 0) is 12.1 Å². The van der Waals surface area contributed by atoms with E-state index in [1.54, 1.807) is 0 Å². The van der Waals surface area contributed by atoms with Gasteiger partial charge in [-0.25, -0.2) is 0 Å². The number of nitro benzene ring substituents is 1. The first kappa shape index (κ1) is 8.98. The molecule has 0 aromatic heterocycles. The minimum atomic E-state index is -0.718. The quantitative estimate of drug-likeness (QED) is 0.310. The lowest BCUT2D eigenvalue weighted by Crippen LogP contribution is -1.90. The smallest absolute Gasteiger partial charge is 0.311 e. The summed E-state index contributed by atoms with van der Waals surface area (Å²) < 4.78 is 0. The normalized spacial score (nSPS) is 10.5. The zero-order valence-electron chi connectivity index (χ0n) is 6.41. The van der Waals surface area contributed by atoms with Crippen LogP contribution >= 0.6 is 0 Å². The van der Waals surface area contributed by atoms with Crippen LogP contribution in [0, 0.1) is 10.1 Å². The van der Waals surface area contributed by atoms with Crippen LogP contribution in [0.1, 0.15) is 5.56 Å². The summed E-state index contributed by atoms with van der Waals surface area (Å²) in [6.45, 7) is 0. The molecule has 13 heavy (non-hydrogen) atoms. The zero-order valence-corrected chi connectivity index (χ0v) is 6.41. The molecule has 0 heterocycles. The largest absolute Gasteiger partial charge is 0.502 e. The van der Waals surface area contributed by atoms with Crippen molar-refractivity contribution in [2.45, 2.75) is 0 Å². The number of phenols is 1. The summed E-state index contributed by atoms with van der Waals surface area (Å²) in [5, 5.41) is 30.2. The Kier molecular flexibility index (Phi) is 2.44. The summed E-state index contributed by atoms with van der Waals surface area (Å²) in [7, 11) is 0. The molecule has 0 radical (unpaired) electrons. The van der Waals surface area contributed by atoms with Crippen molar-refractivity contribution in [3.63, 3.8) is 0 Å². The topological polar surface area (TPSA) is 96.0 Å². The first-order chi connectivity index (χ1) is 6.15. The van der Waals surface area contributed by atoms with Crippen molar-refractivity contribution in [2.75, 3.05) is 0 Å². The number of nitrogens with zero attached hydrogens (tertiary/aromatic N) is 2. The van der Waals surface area contributed by atoms with Gasteiger partial charge in [0.05, 0.1) is 11.1 Å². The van der Waals surface area contributed by atoms with Gasteiger partial charge in [0.15, 0.2) is 5.75 Å². The second kappa shape index (κ2) is 3.53. The fourth-order valence-corrected chi connectivity index (χ4v) is 0.834. The predicted octanol–water partition coefficient (Wildman–Crippen LogP) is 1.11. The minimum Gasteiger partial charge on any atom is -0.502 e. The number of hydrogen-bond donors (Lipinski definition) is 2. The lowest BCUT2D eigenvalue weighted by Gasteiger charge is -1.95. The third-order valence-electron chi connectivity index (χ3n) is 1.40. The Balaban J connectivity index is 3.18. The van der Waals surface area contributed by atoms with Crippen LogP contribution in [0.2, 0.25) is 0 Å². The van der Waals surface area contributed by atoms with Gasteiger partial charge < -0.3 is 10.3 Å². The molecule has 0 aliphatic heterocycles. The second-order valence-electron chi connectivity index (χ2n) is 2.25. The summed E-state index contributed by atoms with van der Waals surface area (Å²) in [6, 6.07) is 3.66. The van der Waals surface area contributed by atoms with Crippen LogP contribution in [-0.4, -0.2) is 21.5 Å². The molecular weight excluding hydrogens is 176 g/mol. The number of benzene rings is 1. The van der Waals surface area contributed by atoms with Gasteiger partial charge >= 0.3 is 5.69 Å². The van der Waals surface area contributed by atoms with Crippen molar-refractivity contribution >= 4 is 11.9 Å². The molecule has 1 aromatic rings. The van der Waals surface area contributed by atoms with Crippen molar-refractivity contribution in [3.05, 3.63) is 33.9 Å². The van der Waals surface area contributed by atoms with Gasteiger partial charge in [-0.3, -0.25) is 10.1 Å². The number of rotatable bonds is 2. The molecule has 0 aliphatic carbocycles. The van der Waals surface area contributed by atoms with E-state index in [2.05, 4.69) is 5.16 Å². The molecule has 6 nitrogen and oxygen atoms in total. The highest BCUT2D eigenvalue weighted by atomic mass is 16.6. The molecule has 0 fully saturated rings. The molecule has 0 aliphatic rings. The monoisotopic (exact) mass is 182 g/mol. The van der Waals surface area contributed by atoms with E-state index in [0.29, 0.717) is 5.56 Å². The average molecular weight is 182 g/mol. The first-order valence-corrected chi connectivity index (χ1v) is 3.30.